The van der Waals surface area contributed by atoms with Gasteiger partial charge < -0.3 is 5.32 Å². The number of rotatable bonds is 3. The van der Waals surface area contributed by atoms with Gasteiger partial charge >= 0.3 is 0 Å². The summed E-state index contributed by atoms with van der Waals surface area (Å²) in [4.78, 5) is 15.8. The number of aromatic nitrogens is 1. The maximum absolute atomic E-state index is 13.1. The zero-order valence-electron chi connectivity index (χ0n) is 11.1. The largest absolute Gasteiger partial charge is 0.349 e. The molecule has 1 saturated carbocycles. The fourth-order valence-corrected chi connectivity index (χ4v) is 3.04. The van der Waals surface area contributed by atoms with Crippen molar-refractivity contribution in [2.45, 2.75) is 39.2 Å². The zero-order chi connectivity index (χ0) is 14.0. The molecule has 19 heavy (non-hydrogen) atoms. The predicted molar refractivity (Wildman–Crippen MR) is 72.6 cm³/mol. The summed E-state index contributed by atoms with van der Waals surface area (Å²) in [5.41, 5.74) is 0.105. The van der Waals surface area contributed by atoms with E-state index in [1.807, 2.05) is 0 Å². The van der Waals surface area contributed by atoms with Gasteiger partial charge in [0.25, 0.3) is 5.91 Å². The fraction of sp³-hybridized carbons (Fsp3) is 0.571. The van der Waals surface area contributed by atoms with Crippen molar-refractivity contribution in [2.75, 3.05) is 0 Å². The van der Waals surface area contributed by atoms with Crippen molar-refractivity contribution in [3.05, 3.63) is 28.8 Å². The van der Waals surface area contributed by atoms with Gasteiger partial charge in [-0.15, -0.1) is 0 Å². The lowest BCUT2D eigenvalue weighted by Gasteiger charge is -2.21. The molecule has 5 heteroatoms. The Balaban J connectivity index is 2.07. The monoisotopic (exact) mass is 284 g/mol. The van der Waals surface area contributed by atoms with Crippen LogP contribution in [-0.2, 0) is 0 Å². The van der Waals surface area contributed by atoms with Crippen molar-refractivity contribution in [1.29, 1.82) is 0 Å². The minimum absolute atomic E-state index is 0.0385. The second kappa shape index (κ2) is 5.87. The molecule has 1 aromatic rings. The highest BCUT2D eigenvalue weighted by Gasteiger charge is 2.32. The van der Waals surface area contributed by atoms with Crippen molar-refractivity contribution in [1.82, 2.24) is 10.3 Å². The van der Waals surface area contributed by atoms with E-state index in [1.165, 1.54) is 0 Å². The van der Waals surface area contributed by atoms with E-state index in [2.05, 4.69) is 24.1 Å². The number of carbonyl (C=O) groups excluding carboxylic acids is 1. The Morgan fingerprint density at radius 3 is 2.95 bits per heavy atom. The number of nitrogens with one attached hydrogen (secondary N) is 1. The van der Waals surface area contributed by atoms with Crippen molar-refractivity contribution >= 4 is 17.5 Å². The molecule has 104 valence electrons. The van der Waals surface area contributed by atoms with E-state index in [-0.39, 0.29) is 22.7 Å². The van der Waals surface area contributed by atoms with E-state index in [0.717, 1.165) is 31.5 Å². The van der Waals surface area contributed by atoms with Gasteiger partial charge in [0.1, 0.15) is 11.0 Å². The lowest BCUT2D eigenvalue weighted by molar-refractivity contribution is 0.0926. The molecule has 0 spiro atoms. The van der Waals surface area contributed by atoms with Crippen LogP contribution in [0.15, 0.2) is 12.3 Å². The van der Waals surface area contributed by atoms with Crippen LogP contribution in [0.4, 0.5) is 4.39 Å². The van der Waals surface area contributed by atoms with Crippen LogP contribution in [0, 0.1) is 17.7 Å². The Kier molecular flexibility index (Phi) is 4.40. The zero-order valence-corrected chi connectivity index (χ0v) is 11.9. The molecule has 0 bridgehead atoms. The lowest BCUT2D eigenvalue weighted by atomic mass is 9.93. The fourth-order valence-electron chi connectivity index (χ4n) is 2.86. The Hall–Kier alpha value is -1.16. The van der Waals surface area contributed by atoms with Crippen molar-refractivity contribution < 1.29 is 9.18 Å². The third kappa shape index (κ3) is 3.06. The first-order valence-corrected chi connectivity index (χ1v) is 7.02. The molecule has 2 rings (SSSR count). The van der Waals surface area contributed by atoms with Crippen LogP contribution >= 0.6 is 11.6 Å². The normalized spacial score (nSPS) is 26.4. The smallest absolute Gasteiger partial charge is 0.254 e. The Morgan fingerprint density at radius 1 is 1.58 bits per heavy atom. The Morgan fingerprint density at radius 2 is 2.32 bits per heavy atom. The molecular weight excluding hydrogens is 267 g/mol. The number of pyridine rings is 1. The summed E-state index contributed by atoms with van der Waals surface area (Å²) < 4.78 is 13.1. The maximum atomic E-state index is 13.1. The minimum Gasteiger partial charge on any atom is -0.349 e. The molecule has 1 amide bonds. The van der Waals surface area contributed by atoms with Crippen LogP contribution in [-0.4, -0.2) is 16.9 Å². The summed E-state index contributed by atoms with van der Waals surface area (Å²) in [6.45, 7) is 4.32. The lowest BCUT2D eigenvalue weighted by Crippen LogP contribution is -2.37. The Bertz CT molecular complexity index is 481. The van der Waals surface area contributed by atoms with Crippen LogP contribution in [0.25, 0.3) is 0 Å². The average Bonchev–Trinajstić information content (AvgIpc) is 2.73. The molecule has 0 aliphatic heterocycles. The molecule has 3 atom stereocenters. The van der Waals surface area contributed by atoms with Gasteiger partial charge in [0.05, 0.1) is 11.8 Å². The highest BCUT2D eigenvalue weighted by atomic mass is 35.5. The van der Waals surface area contributed by atoms with Gasteiger partial charge in [-0.25, -0.2) is 9.37 Å². The summed E-state index contributed by atoms with van der Waals surface area (Å²) in [6.07, 6.45) is 4.21. The second-order valence-corrected chi connectivity index (χ2v) is 5.53. The van der Waals surface area contributed by atoms with Crippen molar-refractivity contribution in [3.8, 4) is 0 Å². The van der Waals surface area contributed by atoms with Gasteiger partial charge in [-0.3, -0.25) is 4.79 Å². The molecule has 0 saturated heterocycles. The molecule has 3 nitrogen and oxygen atoms in total. The van der Waals surface area contributed by atoms with Crippen LogP contribution in [0.2, 0.25) is 5.15 Å². The first kappa shape index (κ1) is 14.3. The van der Waals surface area contributed by atoms with E-state index >= 15 is 0 Å². The molecule has 1 aromatic heterocycles. The van der Waals surface area contributed by atoms with Gasteiger partial charge in [-0.05, 0) is 30.7 Å². The number of halogens is 2. The van der Waals surface area contributed by atoms with Crippen LogP contribution in [0.5, 0.6) is 0 Å². The van der Waals surface area contributed by atoms with Gasteiger partial charge in [0.15, 0.2) is 0 Å². The van der Waals surface area contributed by atoms with Gasteiger partial charge in [-0.1, -0.05) is 31.9 Å². The van der Waals surface area contributed by atoms with Crippen LogP contribution in [0.1, 0.15) is 43.5 Å². The number of hydrogen-bond acceptors (Lipinski definition) is 2. The molecule has 1 fully saturated rings. The third-order valence-corrected chi connectivity index (χ3v) is 4.42. The summed E-state index contributed by atoms with van der Waals surface area (Å²) in [6, 6.07) is 1.26. The molecule has 1 N–H and O–H groups in total. The van der Waals surface area contributed by atoms with E-state index in [1.54, 1.807) is 0 Å². The first-order chi connectivity index (χ1) is 9.02. The summed E-state index contributed by atoms with van der Waals surface area (Å²) >= 11 is 5.83. The molecule has 1 heterocycles. The van der Waals surface area contributed by atoms with E-state index in [9.17, 15) is 9.18 Å². The second-order valence-electron chi connectivity index (χ2n) is 5.18. The predicted octanol–water partition coefficient (Wildman–Crippen LogP) is 3.43. The SMILES string of the molecule is CCC1CCC(NC(=O)c2cc(F)cnc2Cl)C1C. The van der Waals surface area contributed by atoms with Crippen LogP contribution in [0.3, 0.4) is 0 Å². The number of hydrogen-bond donors (Lipinski definition) is 1. The molecule has 3 unspecified atom stereocenters. The minimum atomic E-state index is -0.555. The first-order valence-electron chi connectivity index (χ1n) is 6.64. The standard InChI is InChI=1S/C14H18ClFN2O/c1-3-9-4-5-12(8(9)2)18-14(19)11-6-10(16)7-17-13(11)15/h6-9,12H,3-5H2,1-2H3,(H,18,19). The molecular formula is C14H18ClFN2O. The quantitative estimate of drug-likeness (QED) is 0.864. The molecule has 0 aromatic carbocycles. The highest BCUT2D eigenvalue weighted by Crippen LogP contribution is 2.34. The van der Waals surface area contributed by atoms with E-state index in [0.29, 0.717) is 11.8 Å². The summed E-state index contributed by atoms with van der Waals surface area (Å²) in [7, 11) is 0. The molecule has 1 aliphatic rings. The summed E-state index contributed by atoms with van der Waals surface area (Å²) in [5, 5.41) is 2.99. The number of amides is 1. The van der Waals surface area contributed by atoms with Gasteiger partial charge in [-0.2, -0.15) is 0 Å². The number of carbonyl (C=O) groups is 1. The van der Waals surface area contributed by atoms with Gasteiger partial charge in [0.2, 0.25) is 0 Å². The maximum Gasteiger partial charge on any atom is 0.254 e. The number of nitrogens with zero attached hydrogens (tertiary/aromatic N) is 1. The van der Waals surface area contributed by atoms with Crippen molar-refractivity contribution in [3.63, 3.8) is 0 Å². The van der Waals surface area contributed by atoms with E-state index in [4.69, 9.17) is 11.6 Å². The topological polar surface area (TPSA) is 42.0 Å². The average molecular weight is 285 g/mol. The van der Waals surface area contributed by atoms with Crippen LogP contribution < -0.4 is 5.32 Å². The summed E-state index contributed by atoms with van der Waals surface area (Å²) in [5.74, 6) is 0.187. The highest BCUT2D eigenvalue weighted by molar-refractivity contribution is 6.32. The third-order valence-electron chi connectivity index (χ3n) is 4.12. The molecule has 1 aliphatic carbocycles. The van der Waals surface area contributed by atoms with E-state index < -0.39 is 5.82 Å². The van der Waals surface area contributed by atoms with Gasteiger partial charge in [0, 0.05) is 6.04 Å². The Labute approximate surface area is 117 Å². The molecule has 0 radical (unpaired) electrons. The van der Waals surface area contributed by atoms with Crippen molar-refractivity contribution in [2.24, 2.45) is 11.8 Å².